The van der Waals surface area contributed by atoms with Gasteiger partial charge in [0.25, 0.3) is 0 Å². The fourth-order valence-corrected chi connectivity index (χ4v) is 3.12. The monoisotopic (exact) mass is 489 g/mol. The Morgan fingerprint density at radius 1 is 1.15 bits per heavy atom. The molecule has 1 saturated carbocycles. The van der Waals surface area contributed by atoms with Crippen LogP contribution in [0.4, 0.5) is 0 Å². The van der Waals surface area contributed by atoms with Crippen molar-refractivity contribution in [3.8, 4) is 5.75 Å². The summed E-state index contributed by atoms with van der Waals surface area (Å²) in [6, 6.07) is 8.76. The summed E-state index contributed by atoms with van der Waals surface area (Å²) in [5, 5.41) is 16.5. The van der Waals surface area contributed by atoms with Gasteiger partial charge in [0.2, 0.25) is 0 Å². The average Bonchev–Trinajstić information content (AvgIpc) is 2.65. The van der Waals surface area contributed by atoms with Crippen molar-refractivity contribution in [2.24, 2.45) is 4.99 Å². The molecule has 154 valence electrons. The van der Waals surface area contributed by atoms with Gasteiger partial charge in [-0.15, -0.1) is 24.0 Å². The standard InChI is InChI=1S/C21H35N3O2.HI/c1-3-5-16-26-20-12-6-17(7-13-20)14-15-23-21(22-4-2)24-18-8-10-19(25)11-9-18;/h6-7,12-13,18-19,25H,3-5,8-11,14-16H2,1-2H3,(H2,22,23,24);1H. The van der Waals surface area contributed by atoms with Crippen molar-refractivity contribution in [3.63, 3.8) is 0 Å². The number of benzene rings is 1. The molecule has 0 atom stereocenters. The van der Waals surface area contributed by atoms with Crippen LogP contribution in [0.2, 0.25) is 0 Å². The van der Waals surface area contributed by atoms with Gasteiger partial charge in [-0.2, -0.15) is 0 Å². The molecule has 5 nitrogen and oxygen atoms in total. The number of unbranched alkanes of at least 4 members (excludes halogenated alkanes) is 1. The molecule has 0 unspecified atom stereocenters. The minimum absolute atomic E-state index is 0. The summed E-state index contributed by atoms with van der Waals surface area (Å²) in [6.07, 6.45) is 6.80. The molecule has 1 aliphatic rings. The van der Waals surface area contributed by atoms with E-state index in [-0.39, 0.29) is 30.1 Å². The molecule has 0 aliphatic heterocycles. The summed E-state index contributed by atoms with van der Waals surface area (Å²) < 4.78 is 5.70. The molecular formula is C21H36IN3O2. The van der Waals surface area contributed by atoms with Crippen LogP contribution in [0, 0.1) is 0 Å². The molecule has 1 aliphatic carbocycles. The molecule has 3 N–H and O–H groups in total. The van der Waals surface area contributed by atoms with Crippen LogP contribution in [0.15, 0.2) is 29.3 Å². The van der Waals surface area contributed by atoms with Crippen LogP contribution >= 0.6 is 24.0 Å². The Morgan fingerprint density at radius 3 is 2.48 bits per heavy atom. The van der Waals surface area contributed by atoms with E-state index in [4.69, 9.17) is 9.73 Å². The number of aliphatic hydroxyl groups excluding tert-OH is 1. The molecule has 1 fully saturated rings. The highest BCUT2D eigenvalue weighted by Crippen LogP contribution is 2.18. The van der Waals surface area contributed by atoms with Gasteiger partial charge >= 0.3 is 0 Å². The zero-order valence-electron chi connectivity index (χ0n) is 16.7. The quantitative estimate of drug-likeness (QED) is 0.213. The summed E-state index contributed by atoms with van der Waals surface area (Å²) in [5.74, 6) is 1.83. The van der Waals surface area contributed by atoms with Gasteiger partial charge in [0.05, 0.1) is 12.7 Å². The molecule has 0 bridgehead atoms. The molecule has 2 rings (SSSR count). The number of aliphatic hydroxyl groups is 1. The molecule has 1 aromatic carbocycles. The average molecular weight is 489 g/mol. The molecule has 0 spiro atoms. The van der Waals surface area contributed by atoms with E-state index in [9.17, 15) is 5.11 Å². The number of halogens is 1. The number of nitrogens with zero attached hydrogens (tertiary/aromatic N) is 1. The maximum atomic E-state index is 9.63. The largest absolute Gasteiger partial charge is 0.494 e. The van der Waals surface area contributed by atoms with Crippen LogP contribution in [0.5, 0.6) is 5.75 Å². The fourth-order valence-electron chi connectivity index (χ4n) is 3.12. The Labute approximate surface area is 181 Å². The Morgan fingerprint density at radius 2 is 1.85 bits per heavy atom. The zero-order chi connectivity index (χ0) is 18.6. The molecule has 0 saturated heterocycles. The molecule has 0 heterocycles. The Bertz CT molecular complexity index is 529. The van der Waals surface area contributed by atoms with E-state index in [0.717, 1.165) is 76.4 Å². The van der Waals surface area contributed by atoms with Crippen molar-refractivity contribution in [3.05, 3.63) is 29.8 Å². The molecule has 0 radical (unpaired) electrons. The minimum atomic E-state index is -0.124. The van der Waals surface area contributed by atoms with Crippen LogP contribution in [0.25, 0.3) is 0 Å². The highest BCUT2D eigenvalue weighted by atomic mass is 127. The van der Waals surface area contributed by atoms with Gasteiger partial charge in [0, 0.05) is 19.1 Å². The summed E-state index contributed by atoms with van der Waals surface area (Å²) >= 11 is 0. The smallest absolute Gasteiger partial charge is 0.191 e. The lowest BCUT2D eigenvalue weighted by Gasteiger charge is -2.27. The molecule has 0 amide bonds. The highest BCUT2D eigenvalue weighted by molar-refractivity contribution is 14.0. The predicted octanol–water partition coefficient (Wildman–Crippen LogP) is 3.88. The number of rotatable bonds is 9. The third-order valence-electron chi connectivity index (χ3n) is 4.74. The number of hydrogen-bond acceptors (Lipinski definition) is 3. The zero-order valence-corrected chi connectivity index (χ0v) is 19.1. The number of guanidine groups is 1. The third-order valence-corrected chi connectivity index (χ3v) is 4.74. The first kappa shape index (κ1) is 24.0. The lowest BCUT2D eigenvalue weighted by atomic mass is 9.93. The molecule has 27 heavy (non-hydrogen) atoms. The summed E-state index contributed by atoms with van der Waals surface area (Å²) in [4.78, 5) is 4.71. The van der Waals surface area contributed by atoms with Crippen molar-refractivity contribution in [2.45, 2.75) is 70.9 Å². The Hall–Kier alpha value is -1.02. The van der Waals surface area contributed by atoms with E-state index in [1.807, 2.05) is 12.1 Å². The van der Waals surface area contributed by atoms with Gasteiger partial charge in [-0.25, -0.2) is 0 Å². The third kappa shape index (κ3) is 9.65. The second-order valence-corrected chi connectivity index (χ2v) is 7.01. The number of hydrogen-bond donors (Lipinski definition) is 3. The summed E-state index contributed by atoms with van der Waals surface area (Å²) in [6.45, 7) is 6.64. The summed E-state index contributed by atoms with van der Waals surface area (Å²) in [5.41, 5.74) is 1.27. The maximum Gasteiger partial charge on any atom is 0.191 e. The van der Waals surface area contributed by atoms with E-state index in [1.54, 1.807) is 0 Å². The van der Waals surface area contributed by atoms with Crippen molar-refractivity contribution in [1.82, 2.24) is 10.6 Å². The first-order chi connectivity index (χ1) is 12.7. The van der Waals surface area contributed by atoms with Crippen LogP contribution in [0.1, 0.15) is 57.9 Å². The van der Waals surface area contributed by atoms with Gasteiger partial charge in [-0.1, -0.05) is 25.5 Å². The van der Waals surface area contributed by atoms with Gasteiger partial charge < -0.3 is 20.5 Å². The highest BCUT2D eigenvalue weighted by Gasteiger charge is 2.19. The molecular weight excluding hydrogens is 453 g/mol. The fraction of sp³-hybridized carbons (Fsp3) is 0.667. The maximum absolute atomic E-state index is 9.63. The number of aliphatic imine (C=N–C) groups is 1. The van der Waals surface area contributed by atoms with Crippen LogP contribution in [0.3, 0.4) is 0 Å². The van der Waals surface area contributed by atoms with E-state index in [2.05, 4.69) is 36.6 Å². The normalized spacial score (nSPS) is 19.9. The predicted molar refractivity (Wildman–Crippen MR) is 123 cm³/mol. The Kier molecular flexibility index (Phi) is 12.5. The van der Waals surface area contributed by atoms with E-state index < -0.39 is 0 Å². The van der Waals surface area contributed by atoms with Crippen molar-refractivity contribution in [1.29, 1.82) is 0 Å². The van der Waals surface area contributed by atoms with Gasteiger partial charge in [-0.05, 0) is 63.1 Å². The van der Waals surface area contributed by atoms with Gasteiger partial charge in [0.15, 0.2) is 5.96 Å². The number of ether oxygens (including phenoxy) is 1. The van der Waals surface area contributed by atoms with Crippen LogP contribution in [-0.4, -0.2) is 42.9 Å². The topological polar surface area (TPSA) is 65.9 Å². The van der Waals surface area contributed by atoms with Crippen LogP contribution < -0.4 is 15.4 Å². The van der Waals surface area contributed by atoms with Gasteiger partial charge in [0.1, 0.15) is 5.75 Å². The second kappa shape index (κ2) is 14.0. The molecule has 1 aromatic rings. The van der Waals surface area contributed by atoms with Gasteiger partial charge in [-0.3, -0.25) is 4.99 Å². The molecule has 6 heteroatoms. The first-order valence-corrected chi connectivity index (χ1v) is 10.2. The van der Waals surface area contributed by atoms with E-state index in [1.165, 1.54) is 5.56 Å². The van der Waals surface area contributed by atoms with Crippen LogP contribution in [-0.2, 0) is 6.42 Å². The van der Waals surface area contributed by atoms with E-state index in [0.29, 0.717) is 6.04 Å². The van der Waals surface area contributed by atoms with Crippen molar-refractivity contribution < 1.29 is 9.84 Å². The van der Waals surface area contributed by atoms with Crippen molar-refractivity contribution >= 4 is 29.9 Å². The lowest BCUT2D eigenvalue weighted by molar-refractivity contribution is 0.120. The summed E-state index contributed by atoms with van der Waals surface area (Å²) in [7, 11) is 0. The molecule has 0 aromatic heterocycles. The lowest BCUT2D eigenvalue weighted by Crippen LogP contribution is -2.45. The van der Waals surface area contributed by atoms with E-state index >= 15 is 0 Å². The minimum Gasteiger partial charge on any atom is -0.494 e. The SMILES string of the molecule is CCCCOc1ccc(CCN=C(NCC)NC2CCC(O)CC2)cc1.I. The first-order valence-electron chi connectivity index (χ1n) is 10.2. The second-order valence-electron chi connectivity index (χ2n) is 7.01. The number of nitrogens with one attached hydrogen (secondary N) is 2. The Balaban J connectivity index is 0.00000364. The van der Waals surface area contributed by atoms with Crippen molar-refractivity contribution in [2.75, 3.05) is 19.7 Å².